The van der Waals surface area contributed by atoms with Crippen molar-refractivity contribution in [1.82, 2.24) is 20.2 Å². The van der Waals surface area contributed by atoms with Crippen molar-refractivity contribution in [1.29, 1.82) is 0 Å². The van der Waals surface area contributed by atoms with Crippen molar-refractivity contribution in [2.75, 3.05) is 5.75 Å². The minimum absolute atomic E-state index is 0.0931. The molecule has 3 amide bonds. The molecule has 0 atom stereocenters. The molecular weight excluding hydrogens is 396 g/mol. The minimum atomic E-state index is -0.345. The Labute approximate surface area is 180 Å². The maximum Gasteiger partial charge on any atom is 0.321 e. The normalized spacial score (nSPS) is 29.1. The van der Waals surface area contributed by atoms with E-state index in [1.54, 1.807) is 0 Å². The van der Waals surface area contributed by atoms with Crippen LogP contribution in [0.3, 0.4) is 0 Å². The Morgan fingerprint density at radius 1 is 1.17 bits per heavy atom. The fourth-order valence-electron chi connectivity index (χ4n) is 6.30. The van der Waals surface area contributed by atoms with Crippen LogP contribution < -0.4 is 10.6 Å². The predicted octanol–water partition coefficient (Wildman–Crippen LogP) is 4.11. The molecule has 7 heteroatoms. The lowest BCUT2D eigenvalue weighted by Gasteiger charge is -2.56. The fraction of sp³-hybridized carbons (Fsp3) is 0.522. The molecule has 0 radical (unpaired) electrons. The van der Waals surface area contributed by atoms with Crippen molar-refractivity contribution >= 4 is 34.7 Å². The molecule has 0 saturated heterocycles. The van der Waals surface area contributed by atoms with Gasteiger partial charge in [-0.1, -0.05) is 30.0 Å². The van der Waals surface area contributed by atoms with Crippen LogP contribution >= 0.6 is 11.8 Å². The second-order valence-electron chi connectivity index (χ2n) is 9.27. The first-order valence-electron chi connectivity index (χ1n) is 10.8. The van der Waals surface area contributed by atoms with Crippen LogP contribution in [0.25, 0.3) is 11.0 Å². The number of fused-ring (bicyclic) bond motifs is 1. The highest BCUT2D eigenvalue weighted by atomic mass is 32.2. The monoisotopic (exact) mass is 424 g/mol. The number of nitrogens with one attached hydrogen (secondary N) is 2. The Hall–Kier alpha value is -2.28. The Kier molecular flexibility index (Phi) is 5.09. The quantitative estimate of drug-likeness (QED) is 0.541. The first-order chi connectivity index (χ1) is 14.5. The molecule has 0 aliphatic heterocycles. The highest BCUT2D eigenvalue weighted by Crippen LogP contribution is 2.55. The molecule has 4 saturated carbocycles. The molecule has 4 fully saturated rings. The van der Waals surface area contributed by atoms with Crippen LogP contribution in [-0.2, 0) is 11.3 Å². The van der Waals surface area contributed by atoms with Gasteiger partial charge in [0.05, 0.1) is 16.8 Å². The van der Waals surface area contributed by atoms with Gasteiger partial charge in [0, 0.05) is 12.1 Å². The number of hydrogen-bond donors (Lipinski definition) is 2. The highest BCUT2D eigenvalue weighted by Gasteiger charge is 2.51. The number of urea groups is 1. The number of imide groups is 1. The number of carbonyl (C=O) groups is 2. The SMILES string of the molecule is C=CCn1c(SCC(=O)NC(=O)NC23CC4CC(CC(C4)C2)C3)nc2ccccc21. The van der Waals surface area contributed by atoms with Gasteiger partial charge in [-0.3, -0.25) is 10.1 Å². The van der Waals surface area contributed by atoms with Gasteiger partial charge >= 0.3 is 6.03 Å². The van der Waals surface area contributed by atoms with E-state index in [4.69, 9.17) is 0 Å². The molecule has 1 heterocycles. The third kappa shape index (κ3) is 3.75. The van der Waals surface area contributed by atoms with Gasteiger partial charge in [0.15, 0.2) is 5.16 Å². The van der Waals surface area contributed by atoms with Crippen LogP contribution in [0.15, 0.2) is 42.1 Å². The molecule has 1 aromatic heterocycles. The molecule has 158 valence electrons. The van der Waals surface area contributed by atoms with Crippen LogP contribution in [0.5, 0.6) is 0 Å². The Morgan fingerprint density at radius 2 is 1.83 bits per heavy atom. The topological polar surface area (TPSA) is 76.0 Å². The maximum atomic E-state index is 12.6. The third-order valence-electron chi connectivity index (χ3n) is 6.93. The summed E-state index contributed by atoms with van der Waals surface area (Å²) in [7, 11) is 0. The summed E-state index contributed by atoms with van der Waals surface area (Å²) < 4.78 is 2.04. The minimum Gasteiger partial charge on any atom is -0.332 e. The molecule has 0 spiro atoms. The summed E-state index contributed by atoms with van der Waals surface area (Å²) in [6, 6.07) is 7.54. The first-order valence-corrected chi connectivity index (χ1v) is 11.8. The number of amides is 3. The van der Waals surface area contributed by atoms with Crippen LogP contribution in [0.1, 0.15) is 38.5 Å². The molecule has 2 N–H and O–H groups in total. The first kappa shape index (κ1) is 19.7. The number of aromatic nitrogens is 2. The molecule has 2 aromatic rings. The van der Waals surface area contributed by atoms with Gasteiger partial charge in [-0.15, -0.1) is 6.58 Å². The van der Waals surface area contributed by atoms with E-state index in [0.717, 1.165) is 53.2 Å². The number of imidazole rings is 1. The number of nitrogens with zero attached hydrogens (tertiary/aromatic N) is 2. The van der Waals surface area contributed by atoms with Gasteiger partial charge in [-0.25, -0.2) is 9.78 Å². The molecule has 6 rings (SSSR count). The summed E-state index contributed by atoms with van der Waals surface area (Å²) in [6.45, 7) is 4.44. The van der Waals surface area contributed by atoms with Crippen LogP contribution in [0.2, 0.25) is 0 Å². The van der Waals surface area contributed by atoms with Gasteiger partial charge in [0.25, 0.3) is 0 Å². The number of para-hydroxylation sites is 2. The van der Waals surface area contributed by atoms with Gasteiger partial charge in [-0.05, 0) is 68.4 Å². The van der Waals surface area contributed by atoms with E-state index in [9.17, 15) is 9.59 Å². The summed E-state index contributed by atoms with van der Waals surface area (Å²) in [6.07, 6.45) is 9.00. The molecule has 30 heavy (non-hydrogen) atoms. The van der Waals surface area contributed by atoms with E-state index in [0.29, 0.717) is 6.54 Å². The van der Waals surface area contributed by atoms with Gasteiger partial charge < -0.3 is 9.88 Å². The zero-order valence-corrected chi connectivity index (χ0v) is 17.9. The van der Waals surface area contributed by atoms with Crippen molar-refractivity contribution in [3.05, 3.63) is 36.9 Å². The number of hydrogen-bond acceptors (Lipinski definition) is 4. The number of carbonyl (C=O) groups excluding carboxylic acids is 2. The summed E-state index contributed by atoms with van der Waals surface area (Å²) in [5.74, 6) is 2.11. The van der Waals surface area contributed by atoms with E-state index < -0.39 is 0 Å². The van der Waals surface area contributed by atoms with Crippen molar-refractivity contribution in [3.8, 4) is 0 Å². The zero-order chi connectivity index (χ0) is 20.7. The predicted molar refractivity (Wildman–Crippen MR) is 118 cm³/mol. The maximum absolute atomic E-state index is 12.6. The number of rotatable bonds is 6. The molecule has 4 aliphatic rings. The van der Waals surface area contributed by atoms with Gasteiger partial charge in [0.2, 0.25) is 5.91 Å². The van der Waals surface area contributed by atoms with Gasteiger partial charge in [0.1, 0.15) is 0 Å². The summed E-state index contributed by atoms with van der Waals surface area (Å²) >= 11 is 1.34. The molecule has 0 unspecified atom stereocenters. The summed E-state index contributed by atoms with van der Waals surface area (Å²) in [5, 5.41) is 6.49. The highest BCUT2D eigenvalue weighted by molar-refractivity contribution is 7.99. The second kappa shape index (κ2) is 7.76. The van der Waals surface area contributed by atoms with Gasteiger partial charge in [-0.2, -0.15) is 0 Å². The Balaban J connectivity index is 1.19. The molecule has 1 aromatic carbocycles. The van der Waals surface area contributed by atoms with E-state index in [1.165, 1.54) is 31.0 Å². The number of allylic oxidation sites excluding steroid dienone is 1. The lowest BCUT2D eigenvalue weighted by atomic mass is 9.53. The average Bonchev–Trinajstić information content (AvgIpc) is 3.03. The van der Waals surface area contributed by atoms with E-state index >= 15 is 0 Å². The van der Waals surface area contributed by atoms with E-state index in [2.05, 4.69) is 22.2 Å². The average molecular weight is 425 g/mol. The van der Waals surface area contributed by atoms with Crippen molar-refractivity contribution in [3.63, 3.8) is 0 Å². The fourth-order valence-corrected chi connectivity index (χ4v) is 7.12. The lowest BCUT2D eigenvalue weighted by molar-refractivity contribution is -0.117. The largest absolute Gasteiger partial charge is 0.332 e. The molecular formula is C23H28N4O2S. The number of benzene rings is 1. The lowest BCUT2D eigenvalue weighted by Crippen LogP contribution is -2.61. The molecule has 6 nitrogen and oxygen atoms in total. The summed E-state index contributed by atoms with van der Waals surface area (Å²) in [5.41, 5.74) is 1.81. The van der Waals surface area contributed by atoms with Crippen molar-refractivity contribution in [2.45, 2.75) is 55.8 Å². The van der Waals surface area contributed by atoms with Crippen LogP contribution in [-0.4, -0.2) is 32.8 Å². The third-order valence-corrected chi connectivity index (χ3v) is 7.91. The number of thioether (sulfide) groups is 1. The second-order valence-corrected chi connectivity index (χ2v) is 10.2. The van der Waals surface area contributed by atoms with Crippen molar-refractivity contribution < 1.29 is 9.59 Å². The van der Waals surface area contributed by atoms with E-state index in [-0.39, 0.29) is 23.2 Å². The Bertz CT molecular complexity index is 963. The Morgan fingerprint density at radius 3 is 2.50 bits per heavy atom. The molecule has 4 aliphatic carbocycles. The molecule has 4 bridgehead atoms. The van der Waals surface area contributed by atoms with Crippen LogP contribution in [0, 0.1) is 17.8 Å². The smallest absolute Gasteiger partial charge is 0.321 e. The van der Waals surface area contributed by atoms with Crippen molar-refractivity contribution in [2.24, 2.45) is 17.8 Å². The zero-order valence-electron chi connectivity index (χ0n) is 17.1. The van der Waals surface area contributed by atoms with Crippen LogP contribution in [0.4, 0.5) is 4.79 Å². The standard InChI is InChI=1S/C23H28N4O2S/c1-2-7-27-19-6-4-3-5-18(19)24-22(27)30-14-20(28)25-21(29)26-23-11-15-8-16(12-23)10-17(9-15)13-23/h2-6,15-17H,1,7-14H2,(H2,25,26,28,29). The van der Waals surface area contributed by atoms with E-state index in [1.807, 2.05) is 34.9 Å². The summed E-state index contributed by atoms with van der Waals surface area (Å²) in [4.78, 5) is 29.6.